The molecule has 2 aliphatic rings. The minimum atomic E-state index is 0.504. The second-order valence-corrected chi connectivity index (χ2v) is 4.75. The molecule has 2 aliphatic heterocycles. The highest BCUT2D eigenvalue weighted by Crippen LogP contribution is 2.35. The van der Waals surface area contributed by atoms with Crippen LogP contribution >= 0.6 is 0 Å². The first-order valence-corrected chi connectivity index (χ1v) is 5.13. The molecule has 2 fully saturated rings. The van der Waals surface area contributed by atoms with Crippen LogP contribution in [0.15, 0.2) is 0 Å². The third-order valence-corrected chi connectivity index (χ3v) is 3.76. The maximum Gasteiger partial charge on any atom is 0.0359 e. The topological polar surface area (TPSA) is 15.3 Å². The largest absolute Gasteiger partial charge is 0.309 e. The second kappa shape index (κ2) is 2.71. The van der Waals surface area contributed by atoms with Gasteiger partial charge in [0, 0.05) is 31.2 Å². The Bertz CT molecular complexity index is 179. The van der Waals surface area contributed by atoms with Crippen molar-refractivity contribution in [2.45, 2.75) is 38.8 Å². The SMILES string of the molecule is CC(C)N1CCC2(C1)NCC2C. The van der Waals surface area contributed by atoms with Crippen LogP contribution in [-0.4, -0.2) is 36.1 Å². The summed E-state index contributed by atoms with van der Waals surface area (Å²) in [5, 5.41) is 3.61. The summed E-state index contributed by atoms with van der Waals surface area (Å²) >= 11 is 0. The first-order chi connectivity index (χ1) is 5.64. The van der Waals surface area contributed by atoms with Gasteiger partial charge in [0.1, 0.15) is 0 Å². The Hall–Kier alpha value is -0.0800. The van der Waals surface area contributed by atoms with Crippen molar-refractivity contribution in [1.82, 2.24) is 10.2 Å². The molecule has 0 aromatic carbocycles. The van der Waals surface area contributed by atoms with E-state index < -0.39 is 0 Å². The molecule has 1 spiro atoms. The van der Waals surface area contributed by atoms with Crippen LogP contribution in [0.25, 0.3) is 0 Å². The average molecular weight is 168 g/mol. The summed E-state index contributed by atoms with van der Waals surface area (Å²) in [6.07, 6.45) is 1.35. The van der Waals surface area contributed by atoms with Crippen LogP contribution in [0, 0.1) is 5.92 Å². The van der Waals surface area contributed by atoms with Crippen molar-refractivity contribution in [3.63, 3.8) is 0 Å². The normalized spacial score (nSPS) is 42.5. The molecule has 0 aromatic heterocycles. The number of rotatable bonds is 1. The van der Waals surface area contributed by atoms with E-state index in [0.717, 1.165) is 12.0 Å². The van der Waals surface area contributed by atoms with Gasteiger partial charge in [0.15, 0.2) is 0 Å². The van der Waals surface area contributed by atoms with Gasteiger partial charge in [0.2, 0.25) is 0 Å². The van der Waals surface area contributed by atoms with E-state index in [9.17, 15) is 0 Å². The summed E-state index contributed by atoms with van der Waals surface area (Å²) in [4.78, 5) is 2.59. The Morgan fingerprint density at radius 2 is 2.25 bits per heavy atom. The first-order valence-electron chi connectivity index (χ1n) is 5.13. The standard InChI is InChI=1S/C10H20N2/c1-8(2)12-5-4-10(7-12)9(3)6-11-10/h8-9,11H,4-7H2,1-3H3. The number of likely N-dealkylation sites (tertiary alicyclic amines) is 1. The minimum absolute atomic E-state index is 0.504. The Balaban J connectivity index is 1.97. The number of nitrogens with zero attached hydrogens (tertiary/aromatic N) is 1. The number of nitrogens with one attached hydrogen (secondary N) is 1. The highest BCUT2D eigenvalue weighted by atomic mass is 15.3. The lowest BCUT2D eigenvalue weighted by Gasteiger charge is -2.47. The van der Waals surface area contributed by atoms with Crippen molar-refractivity contribution in [3.8, 4) is 0 Å². The smallest absolute Gasteiger partial charge is 0.0359 e. The molecule has 2 atom stereocenters. The van der Waals surface area contributed by atoms with Crippen LogP contribution in [0.3, 0.4) is 0 Å². The Kier molecular flexibility index (Phi) is 1.92. The van der Waals surface area contributed by atoms with Gasteiger partial charge in [-0.3, -0.25) is 4.90 Å². The monoisotopic (exact) mass is 168 g/mol. The molecule has 0 aliphatic carbocycles. The molecule has 0 amide bonds. The van der Waals surface area contributed by atoms with Gasteiger partial charge in [-0.15, -0.1) is 0 Å². The summed E-state index contributed by atoms with van der Waals surface area (Å²) in [6, 6.07) is 0.721. The fraction of sp³-hybridized carbons (Fsp3) is 1.00. The predicted molar refractivity (Wildman–Crippen MR) is 51.2 cm³/mol. The van der Waals surface area contributed by atoms with Gasteiger partial charge in [-0.25, -0.2) is 0 Å². The molecular formula is C10H20N2. The summed E-state index contributed by atoms with van der Waals surface area (Å²) in [5.74, 6) is 0.890. The van der Waals surface area contributed by atoms with Crippen molar-refractivity contribution >= 4 is 0 Å². The molecule has 2 heteroatoms. The second-order valence-electron chi connectivity index (χ2n) is 4.75. The molecule has 2 rings (SSSR count). The van der Waals surface area contributed by atoms with Crippen molar-refractivity contribution in [1.29, 1.82) is 0 Å². The molecule has 2 unspecified atom stereocenters. The zero-order valence-electron chi connectivity index (χ0n) is 8.43. The lowest BCUT2D eigenvalue weighted by Crippen LogP contribution is -2.65. The van der Waals surface area contributed by atoms with Crippen LogP contribution in [0.4, 0.5) is 0 Å². The first kappa shape index (κ1) is 8.52. The molecule has 0 radical (unpaired) electrons. The fourth-order valence-electron chi connectivity index (χ4n) is 2.45. The third kappa shape index (κ3) is 1.09. The van der Waals surface area contributed by atoms with Gasteiger partial charge in [0.25, 0.3) is 0 Å². The van der Waals surface area contributed by atoms with Gasteiger partial charge in [-0.2, -0.15) is 0 Å². The summed E-state index contributed by atoms with van der Waals surface area (Å²) < 4.78 is 0. The van der Waals surface area contributed by atoms with Crippen molar-refractivity contribution in [2.75, 3.05) is 19.6 Å². The maximum atomic E-state index is 3.61. The van der Waals surface area contributed by atoms with Gasteiger partial charge in [-0.05, 0) is 26.2 Å². The van der Waals surface area contributed by atoms with E-state index in [1.54, 1.807) is 0 Å². The Morgan fingerprint density at radius 1 is 1.50 bits per heavy atom. The highest BCUT2D eigenvalue weighted by Gasteiger charge is 2.48. The van der Waals surface area contributed by atoms with Gasteiger partial charge in [0.05, 0.1) is 0 Å². The van der Waals surface area contributed by atoms with Gasteiger partial charge in [-0.1, -0.05) is 6.92 Å². The number of hydrogen-bond acceptors (Lipinski definition) is 2. The summed E-state index contributed by atoms with van der Waals surface area (Å²) in [7, 11) is 0. The van der Waals surface area contributed by atoms with E-state index in [4.69, 9.17) is 0 Å². The van der Waals surface area contributed by atoms with E-state index in [0.29, 0.717) is 5.54 Å². The van der Waals surface area contributed by atoms with Gasteiger partial charge >= 0.3 is 0 Å². The van der Waals surface area contributed by atoms with Crippen molar-refractivity contribution in [2.24, 2.45) is 5.92 Å². The Morgan fingerprint density at radius 3 is 2.50 bits per heavy atom. The van der Waals surface area contributed by atoms with E-state index in [2.05, 4.69) is 31.0 Å². The molecular weight excluding hydrogens is 148 g/mol. The highest BCUT2D eigenvalue weighted by molar-refractivity contribution is 5.08. The molecule has 1 N–H and O–H groups in total. The summed E-state index contributed by atoms with van der Waals surface area (Å²) in [6.45, 7) is 10.7. The van der Waals surface area contributed by atoms with E-state index in [-0.39, 0.29) is 0 Å². The van der Waals surface area contributed by atoms with E-state index >= 15 is 0 Å². The lowest BCUT2D eigenvalue weighted by molar-refractivity contribution is 0.113. The molecule has 2 nitrogen and oxygen atoms in total. The third-order valence-electron chi connectivity index (χ3n) is 3.76. The molecule has 0 bridgehead atoms. The van der Waals surface area contributed by atoms with E-state index in [1.807, 2.05) is 0 Å². The maximum absolute atomic E-state index is 3.61. The zero-order chi connectivity index (χ0) is 8.77. The van der Waals surface area contributed by atoms with Crippen molar-refractivity contribution in [3.05, 3.63) is 0 Å². The number of hydrogen-bond donors (Lipinski definition) is 1. The van der Waals surface area contributed by atoms with E-state index in [1.165, 1.54) is 26.1 Å². The van der Waals surface area contributed by atoms with Gasteiger partial charge < -0.3 is 5.32 Å². The minimum Gasteiger partial charge on any atom is -0.309 e. The zero-order valence-corrected chi connectivity index (χ0v) is 8.43. The molecule has 12 heavy (non-hydrogen) atoms. The molecule has 2 heterocycles. The van der Waals surface area contributed by atoms with Crippen LogP contribution in [0.2, 0.25) is 0 Å². The molecule has 2 saturated heterocycles. The Labute approximate surface area is 75.3 Å². The fourth-order valence-corrected chi connectivity index (χ4v) is 2.45. The lowest BCUT2D eigenvalue weighted by atomic mass is 9.77. The molecule has 70 valence electrons. The van der Waals surface area contributed by atoms with Crippen LogP contribution < -0.4 is 5.32 Å². The average Bonchev–Trinajstić information content (AvgIpc) is 2.48. The molecule has 0 saturated carbocycles. The molecule has 0 aromatic rings. The van der Waals surface area contributed by atoms with Crippen LogP contribution in [-0.2, 0) is 0 Å². The predicted octanol–water partition coefficient (Wildman–Crippen LogP) is 1.08. The summed E-state index contributed by atoms with van der Waals surface area (Å²) in [5.41, 5.74) is 0.504. The van der Waals surface area contributed by atoms with Crippen molar-refractivity contribution < 1.29 is 0 Å². The van der Waals surface area contributed by atoms with Crippen LogP contribution in [0.1, 0.15) is 27.2 Å². The van der Waals surface area contributed by atoms with Crippen LogP contribution in [0.5, 0.6) is 0 Å². The quantitative estimate of drug-likeness (QED) is 0.630.